The molecule has 0 saturated heterocycles. The molecule has 1 atom stereocenters. The number of nitrogens with zero attached hydrogens (tertiary/aromatic N) is 3. The van der Waals surface area contributed by atoms with Gasteiger partial charge in [-0.05, 0) is 44.5 Å². The number of aromatic nitrogens is 3. The molecule has 25 heavy (non-hydrogen) atoms. The van der Waals surface area contributed by atoms with Gasteiger partial charge in [0.15, 0.2) is 0 Å². The summed E-state index contributed by atoms with van der Waals surface area (Å²) in [5.74, 6) is -0.397. The molecule has 0 bridgehead atoms. The summed E-state index contributed by atoms with van der Waals surface area (Å²) in [5.41, 5.74) is 2.13. The summed E-state index contributed by atoms with van der Waals surface area (Å²) in [4.78, 5) is 33.9. The molecule has 1 amide bonds. The summed E-state index contributed by atoms with van der Waals surface area (Å²) >= 11 is 0. The molecular formula is C19H20N4O2. The first kappa shape index (κ1) is 16.8. The van der Waals surface area contributed by atoms with Crippen LogP contribution in [0.3, 0.4) is 0 Å². The second-order valence-corrected chi connectivity index (χ2v) is 5.96. The molecule has 0 aliphatic rings. The largest absolute Gasteiger partial charge is 0.345 e. The number of rotatable bonds is 4. The molecule has 3 aromatic heterocycles. The molecule has 0 radical (unpaired) electrons. The van der Waals surface area contributed by atoms with Gasteiger partial charge in [0.05, 0.1) is 11.4 Å². The first-order valence-electron chi connectivity index (χ1n) is 8.23. The van der Waals surface area contributed by atoms with E-state index in [1.165, 1.54) is 0 Å². The van der Waals surface area contributed by atoms with Crippen LogP contribution in [0.15, 0.2) is 47.7 Å². The van der Waals surface area contributed by atoms with Gasteiger partial charge < -0.3 is 9.88 Å². The summed E-state index contributed by atoms with van der Waals surface area (Å²) in [5, 5.41) is 3.32. The number of hydrogen-bond donors (Lipinski definition) is 1. The molecule has 6 heteroatoms. The minimum Gasteiger partial charge on any atom is -0.345 e. The van der Waals surface area contributed by atoms with E-state index >= 15 is 0 Å². The fourth-order valence-electron chi connectivity index (χ4n) is 2.75. The van der Waals surface area contributed by atoms with Gasteiger partial charge in [0, 0.05) is 30.8 Å². The van der Waals surface area contributed by atoms with Crippen LogP contribution >= 0.6 is 0 Å². The van der Waals surface area contributed by atoms with E-state index in [4.69, 9.17) is 0 Å². The van der Waals surface area contributed by atoms with Gasteiger partial charge in [-0.1, -0.05) is 6.07 Å². The van der Waals surface area contributed by atoms with Gasteiger partial charge >= 0.3 is 0 Å². The Labute approximate surface area is 145 Å². The van der Waals surface area contributed by atoms with Crippen LogP contribution in [-0.2, 0) is 6.54 Å². The van der Waals surface area contributed by atoms with Gasteiger partial charge in [-0.25, -0.2) is 4.98 Å². The molecule has 0 aromatic carbocycles. The second kappa shape index (κ2) is 6.84. The summed E-state index contributed by atoms with van der Waals surface area (Å²) in [7, 11) is 0. The Morgan fingerprint density at radius 2 is 2.12 bits per heavy atom. The Morgan fingerprint density at radius 3 is 2.80 bits per heavy atom. The summed E-state index contributed by atoms with van der Waals surface area (Å²) in [6.07, 6.45) is 4.96. The minimum absolute atomic E-state index is 0.121. The highest BCUT2D eigenvalue weighted by Gasteiger charge is 2.18. The number of aryl methyl sites for hydroxylation is 2. The Hall–Kier alpha value is -3.02. The molecule has 0 fully saturated rings. The molecule has 0 aliphatic carbocycles. The predicted octanol–water partition coefficient (Wildman–Crippen LogP) is 2.61. The van der Waals surface area contributed by atoms with Crippen LogP contribution in [0.1, 0.15) is 41.5 Å². The first-order valence-corrected chi connectivity index (χ1v) is 8.23. The van der Waals surface area contributed by atoms with Gasteiger partial charge in [-0.15, -0.1) is 0 Å². The highest BCUT2D eigenvalue weighted by Crippen LogP contribution is 2.13. The molecular weight excluding hydrogens is 316 g/mol. The minimum atomic E-state index is -0.397. The molecule has 0 saturated carbocycles. The van der Waals surface area contributed by atoms with Gasteiger partial charge in [0.2, 0.25) is 5.43 Å². The SMILES string of the molecule is CCn1cc(C(=O)N[C@H](C)c2cccnc2)c(=O)c2ccc(C)nc21. The molecule has 6 nitrogen and oxygen atoms in total. The molecule has 3 rings (SSSR count). The van der Waals surface area contributed by atoms with E-state index in [1.54, 1.807) is 30.7 Å². The Morgan fingerprint density at radius 1 is 1.32 bits per heavy atom. The fraction of sp³-hybridized carbons (Fsp3) is 0.263. The molecule has 0 unspecified atom stereocenters. The lowest BCUT2D eigenvalue weighted by Crippen LogP contribution is -2.32. The Bertz CT molecular complexity index is 980. The van der Waals surface area contributed by atoms with Crippen molar-refractivity contribution >= 4 is 16.9 Å². The number of carbonyl (C=O) groups is 1. The first-order chi connectivity index (χ1) is 12.0. The number of pyridine rings is 3. The normalized spacial score (nSPS) is 12.1. The van der Waals surface area contributed by atoms with Crippen LogP contribution in [0.5, 0.6) is 0 Å². The van der Waals surface area contributed by atoms with E-state index in [-0.39, 0.29) is 17.0 Å². The lowest BCUT2D eigenvalue weighted by atomic mass is 10.1. The van der Waals surface area contributed by atoms with Crippen LogP contribution < -0.4 is 10.7 Å². The Balaban J connectivity index is 2.00. The number of carbonyl (C=O) groups excluding carboxylic acids is 1. The summed E-state index contributed by atoms with van der Waals surface area (Å²) < 4.78 is 1.83. The van der Waals surface area contributed by atoms with Crippen molar-refractivity contribution < 1.29 is 4.79 Å². The van der Waals surface area contributed by atoms with E-state index < -0.39 is 5.91 Å². The zero-order valence-electron chi connectivity index (χ0n) is 14.5. The summed E-state index contributed by atoms with van der Waals surface area (Å²) in [6, 6.07) is 6.96. The lowest BCUT2D eigenvalue weighted by molar-refractivity contribution is 0.0938. The number of hydrogen-bond acceptors (Lipinski definition) is 4. The van der Waals surface area contributed by atoms with Crippen LogP contribution in [-0.4, -0.2) is 20.4 Å². The third-order valence-electron chi connectivity index (χ3n) is 4.18. The molecule has 1 N–H and O–H groups in total. The zero-order chi connectivity index (χ0) is 18.0. The van der Waals surface area contributed by atoms with Gasteiger partial charge in [0.25, 0.3) is 5.91 Å². The van der Waals surface area contributed by atoms with Gasteiger partial charge in [-0.2, -0.15) is 0 Å². The van der Waals surface area contributed by atoms with E-state index in [2.05, 4.69) is 15.3 Å². The van der Waals surface area contributed by atoms with Crippen molar-refractivity contribution in [2.75, 3.05) is 0 Å². The maximum atomic E-state index is 12.7. The van der Waals surface area contributed by atoms with Crippen LogP contribution in [0.2, 0.25) is 0 Å². The lowest BCUT2D eigenvalue weighted by Gasteiger charge is -2.15. The maximum absolute atomic E-state index is 12.7. The topological polar surface area (TPSA) is 76.9 Å². The third-order valence-corrected chi connectivity index (χ3v) is 4.18. The molecule has 0 aliphatic heterocycles. The average molecular weight is 336 g/mol. The van der Waals surface area contributed by atoms with E-state index in [1.807, 2.05) is 37.5 Å². The highest BCUT2D eigenvalue weighted by atomic mass is 16.2. The van der Waals surface area contributed by atoms with Crippen molar-refractivity contribution in [2.24, 2.45) is 0 Å². The van der Waals surface area contributed by atoms with Gasteiger partial charge in [0.1, 0.15) is 11.2 Å². The van der Waals surface area contributed by atoms with Crippen molar-refractivity contribution in [1.82, 2.24) is 19.9 Å². The van der Waals surface area contributed by atoms with Crippen LogP contribution in [0, 0.1) is 6.92 Å². The smallest absolute Gasteiger partial charge is 0.257 e. The van der Waals surface area contributed by atoms with Crippen molar-refractivity contribution in [3.8, 4) is 0 Å². The fourth-order valence-corrected chi connectivity index (χ4v) is 2.75. The molecule has 3 aromatic rings. The molecule has 128 valence electrons. The van der Waals surface area contributed by atoms with Crippen molar-refractivity contribution in [3.63, 3.8) is 0 Å². The van der Waals surface area contributed by atoms with Crippen molar-refractivity contribution in [3.05, 3.63) is 69.9 Å². The number of amides is 1. The summed E-state index contributed by atoms with van der Waals surface area (Å²) in [6.45, 7) is 6.30. The number of fused-ring (bicyclic) bond motifs is 1. The predicted molar refractivity (Wildman–Crippen MR) is 96.5 cm³/mol. The van der Waals surface area contributed by atoms with Crippen molar-refractivity contribution in [2.45, 2.75) is 33.4 Å². The highest BCUT2D eigenvalue weighted by molar-refractivity contribution is 5.97. The number of nitrogens with one attached hydrogen (secondary N) is 1. The third kappa shape index (κ3) is 3.28. The van der Waals surface area contributed by atoms with Crippen LogP contribution in [0.25, 0.3) is 11.0 Å². The maximum Gasteiger partial charge on any atom is 0.257 e. The molecule has 3 heterocycles. The standard InChI is InChI=1S/C19H20N4O2/c1-4-23-11-16(17(24)15-8-7-12(2)21-18(15)23)19(25)22-13(3)14-6-5-9-20-10-14/h5-11,13H,4H2,1-3H3,(H,22,25)/t13-/m1/s1. The van der Waals surface area contributed by atoms with Crippen molar-refractivity contribution in [1.29, 1.82) is 0 Å². The van der Waals surface area contributed by atoms with Crippen LogP contribution in [0.4, 0.5) is 0 Å². The quantitative estimate of drug-likeness (QED) is 0.794. The zero-order valence-corrected chi connectivity index (χ0v) is 14.5. The average Bonchev–Trinajstić information content (AvgIpc) is 2.62. The van der Waals surface area contributed by atoms with E-state index in [0.29, 0.717) is 17.6 Å². The van der Waals surface area contributed by atoms with Gasteiger partial charge in [-0.3, -0.25) is 14.6 Å². The second-order valence-electron chi connectivity index (χ2n) is 5.96. The molecule has 0 spiro atoms. The Kier molecular flexibility index (Phi) is 4.61. The monoisotopic (exact) mass is 336 g/mol. The van der Waals surface area contributed by atoms with E-state index in [0.717, 1.165) is 11.3 Å². The van der Waals surface area contributed by atoms with E-state index in [9.17, 15) is 9.59 Å².